The summed E-state index contributed by atoms with van der Waals surface area (Å²) < 4.78 is 2.20. The Kier molecular flexibility index (Phi) is 3.80. The van der Waals surface area contributed by atoms with Crippen LogP contribution in [-0.4, -0.2) is 4.57 Å². The number of nitrogens with zero attached hydrogens (tertiary/aromatic N) is 1. The fraction of sp³-hybridized carbons (Fsp3) is 0.267. The Labute approximate surface area is 121 Å². The molecule has 0 unspecified atom stereocenters. The molecular weight excluding hydrogens is 304 g/mol. The maximum Gasteiger partial charge on any atom is 0.265 e. The van der Waals surface area contributed by atoms with Gasteiger partial charge in [-0.1, -0.05) is 18.2 Å². The number of aryl methyl sites for hydroxylation is 2. The Hall–Kier alpha value is -1.55. The minimum absolute atomic E-state index is 0.0469. The maximum absolute atomic E-state index is 12.2. The third kappa shape index (κ3) is 2.59. The molecule has 0 aliphatic heterocycles. The van der Waals surface area contributed by atoms with Crippen LogP contribution in [0, 0.1) is 20.8 Å². The zero-order valence-electron chi connectivity index (χ0n) is 11.3. The number of pyridine rings is 1. The molecule has 19 heavy (non-hydrogen) atoms. The van der Waals surface area contributed by atoms with Crippen LogP contribution in [-0.2, 0) is 6.54 Å². The zero-order valence-corrected chi connectivity index (χ0v) is 12.9. The SMILES string of the molecule is Cc1cccc(C)c1Cn1cc(N)c(C)c(Br)c1=O. The van der Waals surface area contributed by atoms with Crippen molar-refractivity contribution in [2.24, 2.45) is 0 Å². The van der Waals surface area contributed by atoms with Gasteiger partial charge in [0.25, 0.3) is 5.56 Å². The topological polar surface area (TPSA) is 48.0 Å². The molecule has 1 heterocycles. The van der Waals surface area contributed by atoms with Crippen LogP contribution < -0.4 is 11.3 Å². The van der Waals surface area contributed by atoms with E-state index >= 15 is 0 Å². The smallest absolute Gasteiger partial charge is 0.265 e. The monoisotopic (exact) mass is 320 g/mol. The van der Waals surface area contributed by atoms with Crippen molar-refractivity contribution in [3.8, 4) is 0 Å². The van der Waals surface area contributed by atoms with Gasteiger partial charge in [0.1, 0.15) is 0 Å². The second kappa shape index (κ2) is 5.21. The average molecular weight is 321 g/mol. The highest BCUT2D eigenvalue weighted by molar-refractivity contribution is 9.10. The van der Waals surface area contributed by atoms with Gasteiger partial charge in [0.2, 0.25) is 0 Å². The van der Waals surface area contributed by atoms with Gasteiger partial charge in [-0.2, -0.15) is 0 Å². The lowest BCUT2D eigenvalue weighted by molar-refractivity contribution is 0.746. The van der Waals surface area contributed by atoms with Crippen LogP contribution in [0.4, 0.5) is 5.69 Å². The van der Waals surface area contributed by atoms with Crippen LogP contribution >= 0.6 is 15.9 Å². The molecule has 0 atom stereocenters. The maximum atomic E-state index is 12.2. The molecule has 0 aliphatic carbocycles. The third-order valence-electron chi connectivity index (χ3n) is 3.48. The summed E-state index contributed by atoms with van der Waals surface area (Å²) in [7, 11) is 0. The molecule has 0 radical (unpaired) electrons. The summed E-state index contributed by atoms with van der Waals surface area (Å²) in [5.74, 6) is 0. The van der Waals surface area contributed by atoms with Crippen molar-refractivity contribution >= 4 is 21.6 Å². The van der Waals surface area contributed by atoms with Crippen molar-refractivity contribution in [1.29, 1.82) is 0 Å². The predicted octanol–water partition coefficient (Wildman–Crippen LogP) is 3.17. The first-order chi connectivity index (χ1) is 8.91. The molecule has 0 saturated heterocycles. The normalized spacial score (nSPS) is 10.7. The summed E-state index contributed by atoms with van der Waals surface area (Å²) >= 11 is 3.32. The van der Waals surface area contributed by atoms with Gasteiger partial charge in [0, 0.05) is 6.20 Å². The molecule has 4 heteroatoms. The largest absolute Gasteiger partial charge is 0.397 e. The van der Waals surface area contributed by atoms with Crippen LogP contribution in [0.2, 0.25) is 0 Å². The molecule has 0 fully saturated rings. The highest BCUT2D eigenvalue weighted by Gasteiger charge is 2.10. The van der Waals surface area contributed by atoms with E-state index in [-0.39, 0.29) is 5.56 Å². The van der Waals surface area contributed by atoms with E-state index in [1.54, 1.807) is 10.8 Å². The standard InChI is InChI=1S/C15H17BrN2O/c1-9-5-4-6-10(2)12(9)7-18-8-13(17)11(3)14(16)15(18)19/h4-6,8H,7,17H2,1-3H3. The van der Waals surface area contributed by atoms with E-state index in [0.717, 1.165) is 5.56 Å². The summed E-state index contributed by atoms with van der Waals surface area (Å²) in [6.07, 6.45) is 1.72. The van der Waals surface area contributed by atoms with Gasteiger partial charge in [0.05, 0.1) is 16.7 Å². The van der Waals surface area contributed by atoms with E-state index in [0.29, 0.717) is 16.7 Å². The third-order valence-corrected chi connectivity index (χ3v) is 4.41. The number of anilines is 1. The van der Waals surface area contributed by atoms with Crippen molar-refractivity contribution in [2.45, 2.75) is 27.3 Å². The Morgan fingerprint density at radius 3 is 2.37 bits per heavy atom. The first-order valence-electron chi connectivity index (χ1n) is 6.12. The molecule has 2 aromatic rings. The van der Waals surface area contributed by atoms with Gasteiger partial charge in [0.15, 0.2) is 0 Å². The lowest BCUT2D eigenvalue weighted by atomic mass is 10.0. The average Bonchev–Trinajstić information content (AvgIpc) is 2.37. The van der Waals surface area contributed by atoms with Gasteiger partial charge < -0.3 is 10.3 Å². The summed E-state index contributed by atoms with van der Waals surface area (Å²) in [6, 6.07) is 6.14. The van der Waals surface area contributed by atoms with Crippen molar-refractivity contribution in [2.75, 3.05) is 5.73 Å². The highest BCUT2D eigenvalue weighted by atomic mass is 79.9. The number of rotatable bonds is 2. The molecule has 0 spiro atoms. The van der Waals surface area contributed by atoms with Gasteiger partial charge in [-0.05, 0) is 59.0 Å². The number of nitrogen functional groups attached to an aromatic ring is 1. The van der Waals surface area contributed by atoms with Crippen molar-refractivity contribution in [1.82, 2.24) is 4.57 Å². The van der Waals surface area contributed by atoms with E-state index in [2.05, 4.69) is 41.9 Å². The van der Waals surface area contributed by atoms with Gasteiger partial charge >= 0.3 is 0 Å². The minimum Gasteiger partial charge on any atom is -0.397 e. The Morgan fingerprint density at radius 2 is 1.79 bits per heavy atom. The Balaban J connectivity index is 2.54. The van der Waals surface area contributed by atoms with E-state index in [4.69, 9.17) is 5.73 Å². The van der Waals surface area contributed by atoms with Crippen LogP contribution in [0.15, 0.2) is 33.7 Å². The molecule has 3 nitrogen and oxygen atoms in total. The number of hydrogen-bond donors (Lipinski definition) is 1. The second-order valence-electron chi connectivity index (χ2n) is 4.83. The lowest BCUT2D eigenvalue weighted by Crippen LogP contribution is -2.23. The molecule has 2 rings (SSSR count). The van der Waals surface area contributed by atoms with Crippen molar-refractivity contribution < 1.29 is 0 Å². The van der Waals surface area contributed by atoms with Crippen LogP contribution in [0.1, 0.15) is 22.3 Å². The van der Waals surface area contributed by atoms with Crippen LogP contribution in [0.3, 0.4) is 0 Å². The quantitative estimate of drug-likeness (QED) is 0.923. The number of benzene rings is 1. The number of aromatic nitrogens is 1. The van der Waals surface area contributed by atoms with Crippen molar-refractivity contribution in [3.63, 3.8) is 0 Å². The molecule has 0 aliphatic rings. The highest BCUT2D eigenvalue weighted by Crippen LogP contribution is 2.19. The molecule has 0 amide bonds. The number of nitrogens with two attached hydrogens (primary N) is 1. The molecule has 100 valence electrons. The van der Waals surface area contributed by atoms with Gasteiger partial charge in [-0.15, -0.1) is 0 Å². The summed E-state index contributed by atoms with van der Waals surface area (Å²) in [5.41, 5.74) is 10.8. The molecule has 1 aromatic heterocycles. The fourth-order valence-corrected chi connectivity index (χ4v) is 2.58. The second-order valence-corrected chi connectivity index (χ2v) is 5.62. The van der Waals surface area contributed by atoms with Gasteiger partial charge in [-0.3, -0.25) is 4.79 Å². The first-order valence-corrected chi connectivity index (χ1v) is 6.91. The minimum atomic E-state index is -0.0469. The summed E-state index contributed by atoms with van der Waals surface area (Å²) in [5, 5.41) is 0. The lowest BCUT2D eigenvalue weighted by Gasteiger charge is -2.14. The van der Waals surface area contributed by atoms with Crippen molar-refractivity contribution in [3.05, 3.63) is 61.5 Å². The molecule has 0 bridgehead atoms. The van der Waals surface area contributed by atoms with E-state index in [1.165, 1.54) is 16.7 Å². The molecular formula is C15H17BrN2O. The number of hydrogen-bond acceptors (Lipinski definition) is 2. The molecule has 1 aromatic carbocycles. The molecule has 2 N–H and O–H groups in total. The van der Waals surface area contributed by atoms with E-state index in [9.17, 15) is 4.79 Å². The number of halogens is 1. The summed E-state index contributed by atoms with van der Waals surface area (Å²) in [4.78, 5) is 12.2. The Morgan fingerprint density at radius 1 is 1.21 bits per heavy atom. The van der Waals surface area contributed by atoms with Crippen LogP contribution in [0.25, 0.3) is 0 Å². The molecule has 0 saturated carbocycles. The van der Waals surface area contributed by atoms with Crippen LogP contribution in [0.5, 0.6) is 0 Å². The van der Waals surface area contributed by atoms with Gasteiger partial charge in [-0.25, -0.2) is 0 Å². The zero-order chi connectivity index (χ0) is 14.2. The first kappa shape index (κ1) is 13.9. The Bertz CT molecular complexity index is 669. The van der Waals surface area contributed by atoms with E-state index in [1.807, 2.05) is 13.0 Å². The summed E-state index contributed by atoms with van der Waals surface area (Å²) in [6.45, 7) is 6.49. The van der Waals surface area contributed by atoms with E-state index < -0.39 is 0 Å². The fourth-order valence-electron chi connectivity index (χ4n) is 2.12. The predicted molar refractivity (Wildman–Crippen MR) is 82.6 cm³/mol.